The van der Waals surface area contributed by atoms with Gasteiger partial charge in [0.1, 0.15) is 0 Å². The van der Waals surface area contributed by atoms with Crippen molar-refractivity contribution >= 4 is 0 Å². The molecule has 0 amide bonds. The highest BCUT2D eigenvalue weighted by Gasteiger charge is 1.91. The maximum absolute atomic E-state index is 4.95. The van der Waals surface area contributed by atoms with Gasteiger partial charge >= 0.3 is 0 Å². The molecule has 0 aromatic heterocycles. The fraction of sp³-hybridized carbons (Fsp3) is 0.455. The van der Waals surface area contributed by atoms with E-state index >= 15 is 0 Å². The predicted molar refractivity (Wildman–Crippen MR) is 54.2 cm³/mol. The van der Waals surface area contributed by atoms with E-state index < -0.39 is 0 Å². The Bertz CT molecular complexity index is 156. The summed E-state index contributed by atoms with van der Waals surface area (Å²) in [6.45, 7) is 8.22. The molecule has 0 rings (SSSR count). The van der Waals surface area contributed by atoms with Crippen LogP contribution >= 0.6 is 0 Å². The lowest BCUT2D eigenvalue weighted by Crippen LogP contribution is -1.88. The van der Waals surface area contributed by atoms with Crippen molar-refractivity contribution in [1.82, 2.24) is 0 Å². The summed E-state index contributed by atoms with van der Waals surface area (Å²) < 4.78 is 4.95. The smallest absolute Gasteiger partial charge is 0.0462 e. The van der Waals surface area contributed by atoms with Crippen LogP contribution in [0, 0.1) is 0 Å². The molecule has 0 aromatic rings. The van der Waals surface area contributed by atoms with Gasteiger partial charge in [-0.15, -0.1) is 0 Å². The summed E-state index contributed by atoms with van der Waals surface area (Å²) in [6, 6.07) is 0. The van der Waals surface area contributed by atoms with E-state index in [2.05, 4.69) is 13.2 Å². The second kappa shape index (κ2) is 8.28. The maximum atomic E-state index is 4.95. The molecule has 68 valence electrons. The van der Waals surface area contributed by atoms with Gasteiger partial charge in [-0.05, 0) is 24.8 Å². The zero-order chi connectivity index (χ0) is 9.23. The van der Waals surface area contributed by atoms with Crippen LogP contribution in [0.3, 0.4) is 0 Å². The van der Waals surface area contributed by atoms with Crippen molar-refractivity contribution in [2.75, 3.05) is 13.7 Å². The van der Waals surface area contributed by atoms with Crippen LogP contribution in [0.1, 0.15) is 19.3 Å². The van der Waals surface area contributed by atoms with E-state index in [0.29, 0.717) is 0 Å². The lowest BCUT2D eigenvalue weighted by atomic mass is 10.1. The topological polar surface area (TPSA) is 9.23 Å². The average molecular weight is 166 g/mol. The molecular weight excluding hydrogens is 148 g/mol. The number of rotatable bonds is 7. The van der Waals surface area contributed by atoms with Crippen LogP contribution in [0.5, 0.6) is 0 Å². The number of methoxy groups -OCH3 is 1. The highest BCUT2D eigenvalue weighted by Crippen LogP contribution is 2.08. The summed E-state index contributed by atoms with van der Waals surface area (Å²) in [5, 5.41) is 0. The Hall–Kier alpha value is -0.820. The molecule has 0 saturated carbocycles. The van der Waals surface area contributed by atoms with Crippen molar-refractivity contribution in [3.8, 4) is 0 Å². The van der Waals surface area contributed by atoms with Crippen LogP contribution in [-0.2, 0) is 4.74 Å². The summed E-state index contributed by atoms with van der Waals surface area (Å²) >= 11 is 0. The van der Waals surface area contributed by atoms with Gasteiger partial charge < -0.3 is 4.74 Å². The Morgan fingerprint density at radius 2 is 2.08 bits per heavy atom. The van der Waals surface area contributed by atoms with Gasteiger partial charge in [0.2, 0.25) is 0 Å². The van der Waals surface area contributed by atoms with Crippen molar-refractivity contribution < 1.29 is 4.74 Å². The minimum atomic E-state index is 0.846. The Balaban J connectivity index is 3.51. The molecule has 0 atom stereocenters. The number of unbranched alkanes of at least 4 members (excludes halogenated alkanes) is 1. The first kappa shape index (κ1) is 11.2. The lowest BCUT2D eigenvalue weighted by molar-refractivity contribution is 0.193. The zero-order valence-electron chi connectivity index (χ0n) is 7.88. The Kier molecular flexibility index (Phi) is 7.71. The molecule has 0 saturated heterocycles. The molecule has 1 heteroatoms. The van der Waals surface area contributed by atoms with Crippen molar-refractivity contribution in [3.05, 3.63) is 37.0 Å². The van der Waals surface area contributed by atoms with Gasteiger partial charge in [-0.1, -0.05) is 31.4 Å². The summed E-state index contributed by atoms with van der Waals surface area (Å²) in [4.78, 5) is 0. The van der Waals surface area contributed by atoms with Crippen LogP contribution < -0.4 is 0 Å². The summed E-state index contributed by atoms with van der Waals surface area (Å²) in [5.41, 5.74) is 1.25. The van der Waals surface area contributed by atoms with E-state index in [1.807, 2.05) is 12.2 Å². The van der Waals surface area contributed by atoms with Gasteiger partial charge in [0.15, 0.2) is 0 Å². The highest BCUT2D eigenvalue weighted by molar-refractivity contribution is 5.20. The first-order chi connectivity index (χ1) is 5.85. The molecular formula is C11H18O. The van der Waals surface area contributed by atoms with Crippen molar-refractivity contribution in [3.63, 3.8) is 0 Å². The fourth-order valence-corrected chi connectivity index (χ4v) is 0.980. The van der Waals surface area contributed by atoms with Gasteiger partial charge in [0, 0.05) is 13.7 Å². The Morgan fingerprint density at radius 3 is 2.58 bits per heavy atom. The van der Waals surface area contributed by atoms with E-state index in [1.165, 1.54) is 5.57 Å². The Morgan fingerprint density at radius 1 is 1.33 bits per heavy atom. The number of allylic oxidation sites excluding steroid dienone is 4. The third-order valence-corrected chi connectivity index (χ3v) is 1.66. The number of hydrogen-bond donors (Lipinski definition) is 0. The van der Waals surface area contributed by atoms with E-state index in [9.17, 15) is 0 Å². The van der Waals surface area contributed by atoms with E-state index in [0.717, 1.165) is 25.9 Å². The van der Waals surface area contributed by atoms with Gasteiger partial charge in [0.25, 0.3) is 0 Å². The normalized spacial score (nSPS) is 11.2. The third kappa shape index (κ3) is 5.93. The molecule has 0 fully saturated rings. The standard InChI is InChI=1S/C11H18O/c1-4-8-11(5-2)9-6-7-10-12-3/h4-5,8H,1-2,6-7,9-10H2,3H3/b11-8+. The largest absolute Gasteiger partial charge is 0.385 e. The molecule has 0 radical (unpaired) electrons. The molecule has 0 aliphatic heterocycles. The number of hydrogen-bond acceptors (Lipinski definition) is 1. The highest BCUT2D eigenvalue weighted by atomic mass is 16.5. The SMILES string of the molecule is C=C/C=C(\C=C)CCCCOC. The maximum Gasteiger partial charge on any atom is 0.0462 e. The van der Waals surface area contributed by atoms with Crippen LogP contribution in [-0.4, -0.2) is 13.7 Å². The minimum Gasteiger partial charge on any atom is -0.385 e. The molecule has 0 heterocycles. The van der Waals surface area contributed by atoms with E-state index in [1.54, 1.807) is 13.2 Å². The van der Waals surface area contributed by atoms with Crippen LogP contribution in [0.25, 0.3) is 0 Å². The van der Waals surface area contributed by atoms with Crippen molar-refractivity contribution in [2.45, 2.75) is 19.3 Å². The number of ether oxygens (including phenoxy) is 1. The molecule has 1 nitrogen and oxygen atoms in total. The lowest BCUT2D eigenvalue weighted by Gasteiger charge is -2.00. The summed E-state index contributed by atoms with van der Waals surface area (Å²) in [5.74, 6) is 0. The zero-order valence-corrected chi connectivity index (χ0v) is 7.88. The van der Waals surface area contributed by atoms with Crippen LogP contribution in [0.15, 0.2) is 37.0 Å². The first-order valence-corrected chi connectivity index (χ1v) is 4.28. The Labute approximate surface area is 75.4 Å². The third-order valence-electron chi connectivity index (χ3n) is 1.66. The molecule has 0 aromatic carbocycles. The monoisotopic (exact) mass is 166 g/mol. The van der Waals surface area contributed by atoms with Gasteiger partial charge in [0.05, 0.1) is 0 Å². The quantitative estimate of drug-likeness (QED) is 0.417. The van der Waals surface area contributed by atoms with E-state index in [4.69, 9.17) is 4.74 Å². The molecule has 0 spiro atoms. The van der Waals surface area contributed by atoms with E-state index in [-0.39, 0.29) is 0 Å². The van der Waals surface area contributed by atoms with Gasteiger partial charge in [-0.25, -0.2) is 0 Å². The average Bonchev–Trinajstić information content (AvgIpc) is 2.10. The van der Waals surface area contributed by atoms with Crippen molar-refractivity contribution in [2.24, 2.45) is 0 Å². The second-order valence-electron chi connectivity index (χ2n) is 2.63. The van der Waals surface area contributed by atoms with Gasteiger partial charge in [-0.3, -0.25) is 0 Å². The molecule has 0 bridgehead atoms. The fourth-order valence-electron chi connectivity index (χ4n) is 0.980. The first-order valence-electron chi connectivity index (χ1n) is 4.28. The molecule has 0 aliphatic rings. The molecule has 0 aliphatic carbocycles. The van der Waals surface area contributed by atoms with Crippen molar-refractivity contribution in [1.29, 1.82) is 0 Å². The van der Waals surface area contributed by atoms with Crippen LogP contribution in [0.2, 0.25) is 0 Å². The minimum absolute atomic E-state index is 0.846. The van der Waals surface area contributed by atoms with Crippen LogP contribution in [0.4, 0.5) is 0 Å². The molecule has 12 heavy (non-hydrogen) atoms. The summed E-state index contributed by atoms with van der Waals surface area (Å²) in [7, 11) is 1.73. The summed E-state index contributed by atoms with van der Waals surface area (Å²) in [6.07, 6.45) is 9.01. The predicted octanol–water partition coefficient (Wildman–Crippen LogP) is 3.10. The van der Waals surface area contributed by atoms with Gasteiger partial charge in [-0.2, -0.15) is 0 Å². The second-order valence-corrected chi connectivity index (χ2v) is 2.63. The molecule has 0 unspecified atom stereocenters. The molecule has 0 N–H and O–H groups in total.